The zero-order valence-electron chi connectivity index (χ0n) is 18.3. The second kappa shape index (κ2) is 12.2. The molecule has 3 fully saturated rings. The average molecular weight is 527 g/mol. The van der Waals surface area contributed by atoms with E-state index in [9.17, 15) is 0 Å². The van der Waals surface area contributed by atoms with E-state index in [2.05, 4.69) is 55.3 Å². The molecule has 168 valence electrons. The number of likely N-dealkylation sites (tertiary alicyclic amines) is 2. The van der Waals surface area contributed by atoms with E-state index in [-0.39, 0.29) is 24.0 Å². The molecule has 1 N–H and O–H groups in total. The highest BCUT2D eigenvalue weighted by molar-refractivity contribution is 14.0. The van der Waals surface area contributed by atoms with Crippen molar-refractivity contribution < 1.29 is 4.74 Å². The zero-order valence-corrected chi connectivity index (χ0v) is 20.7. The van der Waals surface area contributed by atoms with Crippen molar-refractivity contribution in [3.63, 3.8) is 0 Å². The number of morpholine rings is 1. The number of hydrogen-bond donors (Lipinski definition) is 1. The van der Waals surface area contributed by atoms with Gasteiger partial charge in [-0.15, -0.1) is 24.0 Å². The molecular formula is C23H38IN5O. The molecule has 0 saturated carbocycles. The Morgan fingerprint density at radius 1 is 1.10 bits per heavy atom. The lowest BCUT2D eigenvalue weighted by Crippen LogP contribution is -2.46. The van der Waals surface area contributed by atoms with Gasteiger partial charge in [0, 0.05) is 58.9 Å². The summed E-state index contributed by atoms with van der Waals surface area (Å²) in [5, 5.41) is 3.69. The lowest BCUT2D eigenvalue weighted by molar-refractivity contribution is 0.0315. The standard InChI is InChI=1S/C23H37N5O.HI/c1-24-23(28-11-9-21(19-28)17-26-12-14-29-15-13-26)25-16-22-8-5-10-27(22)18-20-6-3-2-4-7-20;/h2-4,6-7,21-22H,5,8-19H2,1H3,(H,24,25);1H. The van der Waals surface area contributed by atoms with Gasteiger partial charge in [0.25, 0.3) is 0 Å². The Balaban J connectivity index is 0.00000256. The number of halogens is 1. The van der Waals surface area contributed by atoms with E-state index in [1.807, 2.05) is 7.05 Å². The van der Waals surface area contributed by atoms with Crippen LogP contribution in [0.1, 0.15) is 24.8 Å². The van der Waals surface area contributed by atoms with Crippen molar-refractivity contribution in [1.82, 2.24) is 20.0 Å². The number of rotatable bonds is 6. The molecule has 0 aromatic heterocycles. The Morgan fingerprint density at radius 2 is 1.90 bits per heavy atom. The van der Waals surface area contributed by atoms with Crippen LogP contribution in [-0.2, 0) is 11.3 Å². The quantitative estimate of drug-likeness (QED) is 0.350. The lowest BCUT2D eigenvalue weighted by atomic mass is 10.1. The van der Waals surface area contributed by atoms with E-state index >= 15 is 0 Å². The molecule has 1 aromatic rings. The predicted octanol–water partition coefficient (Wildman–Crippen LogP) is 2.50. The van der Waals surface area contributed by atoms with E-state index in [0.717, 1.165) is 64.4 Å². The smallest absolute Gasteiger partial charge is 0.193 e. The molecule has 2 atom stereocenters. The number of ether oxygens (including phenoxy) is 1. The minimum atomic E-state index is 0. The molecule has 0 radical (unpaired) electrons. The molecule has 0 spiro atoms. The summed E-state index contributed by atoms with van der Waals surface area (Å²) in [4.78, 5) is 12.2. The van der Waals surface area contributed by atoms with Crippen LogP contribution in [0.2, 0.25) is 0 Å². The summed E-state index contributed by atoms with van der Waals surface area (Å²) < 4.78 is 5.48. The van der Waals surface area contributed by atoms with Gasteiger partial charge in [-0.1, -0.05) is 30.3 Å². The third-order valence-electron chi connectivity index (χ3n) is 6.64. The van der Waals surface area contributed by atoms with Crippen LogP contribution in [-0.4, -0.2) is 92.8 Å². The summed E-state index contributed by atoms with van der Waals surface area (Å²) in [5.41, 5.74) is 1.41. The second-order valence-corrected chi connectivity index (χ2v) is 8.69. The SMILES string of the molecule is CN=C(NCC1CCCN1Cc1ccccc1)N1CCC(CN2CCOCC2)C1.I. The van der Waals surface area contributed by atoms with Crippen LogP contribution in [0, 0.1) is 5.92 Å². The molecule has 7 heteroatoms. The summed E-state index contributed by atoms with van der Waals surface area (Å²) in [6.07, 6.45) is 3.83. The van der Waals surface area contributed by atoms with E-state index in [1.165, 1.54) is 37.9 Å². The fourth-order valence-electron chi connectivity index (χ4n) is 5.02. The molecule has 3 saturated heterocycles. The molecule has 3 heterocycles. The molecule has 6 nitrogen and oxygen atoms in total. The van der Waals surface area contributed by atoms with Crippen LogP contribution in [0.3, 0.4) is 0 Å². The summed E-state index contributed by atoms with van der Waals surface area (Å²) in [6.45, 7) is 10.6. The number of aliphatic imine (C=N–C) groups is 1. The first kappa shape index (κ1) is 23.8. The molecule has 1 aromatic carbocycles. The molecule has 4 rings (SSSR count). The highest BCUT2D eigenvalue weighted by Crippen LogP contribution is 2.21. The fraction of sp³-hybridized carbons (Fsp3) is 0.696. The predicted molar refractivity (Wildman–Crippen MR) is 134 cm³/mol. The van der Waals surface area contributed by atoms with Gasteiger partial charge in [0.15, 0.2) is 5.96 Å². The number of guanidine groups is 1. The van der Waals surface area contributed by atoms with Crippen LogP contribution in [0.5, 0.6) is 0 Å². The number of nitrogens with zero attached hydrogens (tertiary/aromatic N) is 4. The van der Waals surface area contributed by atoms with Gasteiger partial charge in [-0.25, -0.2) is 0 Å². The minimum Gasteiger partial charge on any atom is -0.379 e. The Labute approximate surface area is 199 Å². The van der Waals surface area contributed by atoms with Crippen molar-refractivity contribution >= 4 is 29.9 Å². The minimum absolute atomic E-state index is 0. The van der Waals surface area contributed by atoms with Gasteiger partial charge < -0.3 is 15.0 Å². The maximum atomic E-state index is 5.48. The maximum absolute atomic E-state index is 5.48. The Hall–Kier alpha value is -0.900. The van der Waals surface area contributed by atoms with Crippen molar-refractivity contribution in [2.24, 2.45) is 10.9 Å². The largest absolute Gasteiger partial charge is 0.379 e. The first-order valence-corrected chi connectivity index (χ1v) is 11.4. The van der Waals surface area contributed by atoms with Crippen molar-refractivity contribution in [3.05, 3.63) is 35.9 Å². The van der Waals surface area contributed by atoms with Gasteiger partial charge in [0.05, 0.1) is 13.2 Å². The summed E-state index contributed by atoms with van der Waals surface area (Å²) in [7, 11) is 1.92. The normalized spacial score (nSPS) is 26.0. The van der Waals surface area contributed by atoms with Gasteiger partial charge >= 0.3 is 0 Å². The van der Waals surface area contributed by atoms with Gasteiger partial charge in [0.1, 0.15) is 0 Å². The topological polar surface area (TPSA) is 43.3 Å². The van der Waals surface area contributed by atoms with Gasteiger partial charge in [0.2, 0.25) is 0 Å². The third-order valence-corrected chi connectivity index (χ3v) is 6.64. The van der Waals surface area contributed by atoms with Crippen LogP contribution in [0.15, 0.2) is 35.3 Å². The molecule has 30 heavy (non-hydrogen) atoms. The Bertz CT molecular complexity index is 652. The summed E-state index contributed by atoms with van der Waals surface area (Å²) in [6, 6.07) is 11.4. The molecule has 3 aliphatic rings. The molecule has 0 aliphatic carbocycles. The fourth-order valence-corrected chi connectivity index (χ4v) is 5.02. The Morgan fingerprint density at radius 3 is 2.67 bits per heavy atom. The summed E-state index contributed by atoms with van der Waals surface area (Å²) in [5.74, 6) is 1.83. The number of benzene rings is 1. The van der Waals surface area contributed by atoms with Crippen LogP contribution in [0.4, 0.5) is 0 Å². The lowest BCUT2D eigenvalue weighted by Gasteiger charge is -2.30. The molecule has 2 unspecified atom stereocenters. The third kappa shape index (κ3) is 6.55. The first-order valence-electron chi connectivity index (χ1n) is 11.4. The highest BCUT2D eigenvalue weighted by Gasteiger charge is 2.29. The van der Waals surface area contributed by atoms with Crippen molar-refractivity contribution in [3.8, 4) is 0 Å². The zero-order chi connectivity index (χ0) is 19.9. The van der Waals surface area contributed by atoms with E-state index < -0.39 is 0 Å². The molecule has 0 bridgehead atoms. The molecule has 3 aliphatic heterocycles. The van der Waals surface area contributed by atoms with Crippen LogP contribution >= 0.6 is 24.0 Å². The highest BCUT2D eigenvalue weighted by atomic mass is 127. The maximum Gasteiger partial charge on any atom is 0.193 e. The van der Waals surface area contributed by atoms with Crippen molar-refractivity contribution in [1.29, 1.82) is 0 Å². The summed E-state index contributed by atoms with van der Waals surface area (Å²) >= 11 is 0. The van der Waals surface area contributed by atoms with Crippen LogP contribution < -0.4 is 5.32 Å². The van der Waals surface area contributed by atoms with Gasteiger partial charge in [-0.2, -0.15) is 0 Å². The van der Waals surface area contributed by atoms with Crippen LogP contribution in [0.25, 0.3) is 0 Å². The van der Waals surface area contributed by atoms with Gasteiger partial charge in [-0.3, -0.25) is 14.8 Å². The van der Waals surface area contributed by atoms with E-state index in [1.54, 1.807) is 0 Å². The van der Waals surface area contributed by atoms with E-state index in [0.29, 0.717) is 6.04 Å². The first-order chi connectivity index (χ1) is 14.3. The van der Waals surface area contributed by atoms with Gasteiger partial charge in [-0.05, 0) is 37.3 Å². The van der Waals surface area contributed by atoms with E-state index in [4.69, 9.17) is 4.74 Å². The van der Waals surface area contributed by atoms with Crippen molar-refractivity contribution in [2.45, 2.75) is 31.8 Å². The number of nitrogens with one attached hydrogen (secondary N) is 1. The monoisotopic (exact) mass is 527 g/mol. The van der Waals surface area contributed by atoms with Crippen molar-refractivity contribution in [2.75, 3.05) is 66.1 Å². The Kier molecular flexibility index (Phi) is 9.67. The second-order valence-electron chi connectivity index (χ2n) is 8.69. The average Bonchev–Trinajstić information content (AvgIpc) is 3.40. The molecule has 0 amide bonds. The number of hydrogen-bond acceptors (Lipinski definition) is 4. The molecular weight excluding hydrogens is 489 g/mol.